The van der Waals surface area contributed by atoms with Crippen LogP contribution in [0.3, 0.4) is 0 Å². The van der Waals surface area contributed by atoms with Gasteiger partial charge in [0.25, 0.3) is 0 Å². The summed E-state index contributed by atoms with van der Waals surface area (Å²) in [6.45, 7) is 3.51. The van der Waals surface area contributed by atoms with E-state index in [1.54, 1.807) is 0 Å². The van der Waals surface area contributed by atoms with Crippen LogP contribution in [0.15, 0.2) is 28.7 Å². The highest BCUT2D eigenvalue weighted by atomic mass is 79.9. The summed E-state index contributed by atoms with van der Waals surface area (Å²) in [4.78, 5) is 4.91. The molecule has 0 aliphatic carbocycles. The lowest BCUT2D eigenvalue weighted by Crippen LogP contribution is -2.37. The standard InChI is InChI=1S/C14H21BrN2/c1-16(2)11-14-4-3-9-17(14)10-12-5-7-13(15)8-6-12/h5-8,14H,3-4,9-11H2,1-2H3. The van der Waals surface area contributed by atoms with Crippen molar-refractivity contribution in [1.29, 1.82) is 0 Å². The molecule has 1 aliphatic heterocycles. The van der Waals surface area contributed by atoms with Crippen molar-refractivity contribution in [2.45, 2.75) is 25.4 Å². The Kier molecular flexibility index (Phi) is 4.60. The molecule has 0 aromatic heterocycles. The molecule has 3 heteroatoms. The van der Waals surface area contributed by atoms with Crippen molar-refractivity contribution in [2.24, 2.45) is 0 Å². The molecule has 1 atom stereocenters. The average molecular weight is 297 g/mol. The van der Waals surface area contributed by atoms with Gasteiger partial charge in [0.15, 0.2) is 0 Å². The Morgan fingerprint density at radius 1 is 1.29 bits per heavy atom. The molecular weight excluding hydrogens is 276 g/mol. The van der Waals surface area contributed by atoms with Crippen LogP contribution in [0.2, 0.25) is 0 Å². The van der Waals surface area contributed by atoms with E-state index in [-0.39, 0.29) is 0 Å². The molecule has 0 spiro atoms. The first-order valence-corrected chi connectivity index (χ1v) is 7.07. The monoisotopic (exact) mass is 296 g/mol. The number of halogens is 1. The summed E-state index contributed by atoms with van der Waals surface area (Å²) in [6.07, 6.45) is 2.68. The number of likely N-dealkylation sites (tertiary alicyclic amines) is 1. The van der Waals surface area contributed by atoms with Crippen LogP contribution in [-0.2, 0) is 6.54 Å². The van der Waals surface area contributed by atoms with Crippen molar-refractivity contribution in [3.05, 3.63) is 34.3 Å². The average Bonchev–Trinajstić information content (AvgIpc) is 2.68. The smallest absolute Gasteiger partial charge is 0.0237 e. The van der Waals surface area contributed by atoms with Gasteiger partial charge in [0.1, 0.15) is 0 Å². The van der Waals surface area contributed by atoms with Gasteiger partial charge in [0.2, 0.25) is 0 Å². The highest BCUT2D eigenvalue weighted by molar-refractivity contribution is 9.10. The van der Waals surface area contributed by atoms with Crippen molar-refractivity contribution in [2.75, 3.05) is 27.2 Å². The fourth-order valence-corrected chi connectivity index (χ4v) is 2.82. The minimum Gasteiger partial charge on any atom is -0.308 e. The molecule has 1 aromatic carbocycles. The minimum atomic E-state index is 0.730. The van der Waals surface area contributed by atoms with Gasteiger partial charge in [-0.15, -0.1) is 0 Å². The highest BCUT2D eigenvalue weighted by Crippen LogP contribution is 2.21. The van der Waals surface area contributed by atoms with Crippen LogP contribution in [0.25, 0.3) is 0 Å². The van der Waals surface area contributed by atoms with Crippen molar-refractivity contribution >= 4 is 15.9 Å². The van der Waals surface area contributed by atoms with Crippen LogP contribution in [0, 0.1) is 0 Å². The van der Waals surface area contributed by atoms with Crippen molar-refractivity contribution in [3.63, 3.8) is 0 Å². The normalized spacial score (nSPS) is 21.3. The largest absolute Gasteiger partial charge is 0.308 e. The molecule has 2 nitrogen and oxygen atoms in total. The molecule has 0 radical (unpaired) electrons. The Labute approximate surface area is 113 Å². The summed E-state index contributed by atoms with van der Waals surface area (Å²) in [5, 5.41) is 0. The summed E-state index contributed by atoms with van der Waals surface area (Å²) in [5.41, 5.74) is 1.42. The molecular formula is C14H21BrN2. The van der Waals surface area contributed by atoms with Crippen LogP contribution in [0.5, 0.6) is 0 Å². The lowest BCUT2D eigenvalue weighted by Gasteiger charge is -2.27. The number of likely N-dealkylation sites (N-methyl/N-ethyl adjacent to an activating group) is 1. The van der Waals surface area contributed by atoms with E-state index < -0.39 is 0 Å². The zero-order valence-corrected chi connectivity index (χ0v) is 12.3. The number of hydrogen-bond donors (Lipinski definition) is 0. The molecule has 0 saturated carbocycles. The van der Waals surface area contributed by atoms with Crippen molar-refractivity contribution < 1.29 is 0 Å². The maximum Gasteiger partial charge on any atom is 0.0237 e. The van der Waals surface area contributed by atoms with Gasteiger partial charge >= 0.3 is 0 Å². The predicted molar refractivity (Wildman–Crippen MR) is 76.1 cm³/mol. The van der Waals surface area contributed by atoms with E-state index in [4.69, 9.17) is 0 Å². The first-order chi connectivity index (χ1) is 8.15. The Balaban J connectivity index is 1.95. The van der Waals surface area contributed by atoms with Gasteiger partial charge in [-0.25, -0.2) is 0 Å². The zero-order chi connectivity index (χ0) is 12.3. The van der Waals surface area contributed by atoms with Crippen LogP contribution in [-0.4, -0.2) is 43.0 Å². The Hall–Kier alpha value is -0.380. The van der Waals surface area contributed by atoms with Gasteiger partial charge in [-0.2, -0.15) is 0 Å². The lowest BCUT2D eigenvalue weighted by molar-refractivity contribution is 0.201. The van der Waals surface area contributed by atoms with Gasteiger partial charge in [0, 0.05) is 23.6 Å². The van der Waals surface area contributed by atoms with Gasteiger partial charge in [-0.1, -0.05) is 28.1 Å². The van der Waals surface area contributed by atoms with Crippen LogP contribution in [0.1, 0.15) is 18.4 Å². The van der Waals surface area contributed by atoms with Gasteiger partial charge in [-0.05, 0) is 51.2 Å². The van der Waals surface area contributed by atoms with E-state index in [0.717, 1.165) is 17.1 Å². The third-order valence-corrected chi connectivity index (χ3v) is 3.90. The summed E-state index contributed by atoms with van der Waals surface area (Å²) in [5.74, 6) is 0. The van der Waals surface area contributed by atoms with Crippen LogP contribution >= 0.6 is 15.9 Å². The van der Waals surface area contributed by atoms with E-state index >= 15 is 0 Å². The molecule has 94 valence electrons. The third kappa shape index (κ3) is 3.80. The van der Waals surface area contributed by atoms with E-state index in [0.29, 0.717) is 0 Å². The molecule has 1 saturated heterocycles. The number of benzene rings is 1. The zero-order valence-electron chi connectivity index (χ0n) is 10.7. The Bertz CT molecular complexity index is 348. The maximum absolute atomic E-state index is 3.48. The summed E-state index contributed by atoms with van der Waals surface area (Å²) in [7, 11) is 4.33. The highest BCUT2D eigenvalue weighted by Gasteiger charge is 2.24. The molecule has 1 aromatic rings. The second kappa shape index (κ2) is 5.98. The quantitative estimate of drug-likeness (QED) is 0.843. The Morgan fingerprint density at radius 2 is 2.00 bits per heavy atom. The molecule has 1 aliphatic rings. The Morgan fingerprint density at radius 3 is 2.65 bits per heavy atom. The summed E-state index contributed by atoms with van der Waals surface area (Å²) >= 11 is 3.48. The molecule has 17 heavy (non-hydrogen) atoms. The molecule has 2 rings (SSSR count). The minimum absolute atomic E-state index is 0.730. The molecule has 1 fully saturated rings. The predicted octanol–water partition coefficient (Wildman–Crippen LogP) is 2.98. The van der Waals surface area contributed by atoms with E-state index in [1.165, 1.54) is 31.5 Å². The SMILES string of the molecule is CN(C)CC1CCCN1Cc1ccc(Br)cc1. The third-order valence-electron chi connectivity index (χ3n) is 3.37. The molecule has 1 unspecified atom stereocenters. The first-order valence-electron chi connectivity index (χ1n) is 6.28. The van der Waals surface area contributed by atoms with Gasteiger partial charge in [-0.3, -0.25) is 4.90 Å². The van der Waals surface area contributed by atoms with E-state index in [2.05, 4.69) is 64.1 Å². The summed E-state index contributed by atoms with van der Waals surface area (Å²) in [6, 6.07) is 9.43. The first kappa shape index (κ1) is 13.1. The number of hydrogen-bond acceptors (Lipinski definition) is 2. The number of nitrogens with zero attached hydrogens (tertiary/aromatic N) is 2. The fraction of sp³-hybridized carbons (Fsp3) is 0.571. The molecule has 0 N–H and O–H groups in total. The van der Waals surface area contributed by atoms with Crippen molar-refractivity contribution in [3.8, 4) is 0 Å². The summed E-state index contributed by atoms with van der Waals surface area (Å²) < 4.78 is 1.16. The fourth-order valence-electron chi connectivity index (χ4n) is 2.56. The molecule has 1 heterocycles. The second-order valence-corrected chi connectivity index (χ2v) is 6.07. The molecule has 0 amide bonds. The lowest BCUT2D eigenvalue weighted by atomic mass is 10.2. The number of rotatable bonds is 4. The van der Waals surface area contributed by atoms with Crippen LogP contribution in [0.4, 0.5) is 0 Å². The van der Waals surface area contributed by atoms with E-state index in [1.807, 2.05) is 0 Å². The topological polar surface area (TPSA) is 6.48 Å². The molecule has 0 bridgehead atoms. The van der Waals surface area contributed by atoms with Gasteiger partial charge < -0.3 is 4.90 Å². The van der Waals surface area contributed by atoms with E-state index in [9.17, 15) is 0 Å². The van der Waals surface area contributed by atoms with Crippen LogP contribution < -0.4 is 0 Å². The maximum atomic E-state index is 3.48. The van der Waals surface area contributed by atoms with Gasteiger partial charge in [0.05, 0.1) is 0 Å². The second-order valence-electron chi connectivity index (χ2n) is 5.16. The van der Waals surface area contributed by atoms with Crippen molar-refractivity contribution in [1.82, 2.24) is 9.80 Å².